The lowest BCUT2D eigenvalue weighted by atomic mass is 9.36. The average molecular weight is 335 g/mol. The topological polar surface area (TPSA) is 55.4 Å². The van der Waals surface area contributed by atoms with Crippen LogP contribution in [0.5, 0.6) is 0 Å². The van der Waals surface area contributed by atoms with Crippen molar-refractivity contribution in [3.05, 3.63) is 0 Å². The molecule has 0 unspecified atom stereocenters. The number of esters is 1. The predicted octanol–water partition coefficient (Wildman–Crippen LogP) is 3.69. The molecular weight excluding hydrogens is 302 g/mol. The minimum atomic E-state index is -0.552. The fourth-order valence-electron chi connectivity index (χ4n) is 7.45. The molecule has 4 bridgehead atoms. The molecule has 0 radical (unpaired) electrons. The fraction of sp³-hybridized carbons (Fsp3) is 0.900. The first-order chi connectivity index (χ1) is 10.9. The van der Waals surface area contributed by atoms with E-state index in [1.54, 1.807) is 0 Å². The van der Waals surface area contributed by atoms with E-state index in [0.29, 0.717) is 0 Å². The first kappa shape index (κ1) is 17.8. The Kier molecular flexibility index (Phi) is 3.86. The van der Waals surface area contributed by atoms with E-state index < -0.39 is 6.04 Å². The molecule has 0 aromatic carbocycles. The van der Waals surface area contributed by atoms with Gasteiger partial charge in [-0.2, -0.15) is 0 Å². The van der Waals surface area contributed by atoms with Gasteiger partial charge in [0.15, 0.2) is 0 Å². The number of amides is 1. The van der Waals surface area contributed by atoms with Gasteiger partial charge in [-0.3, -0.25) is 4.79 Å². The maximum absolute atomic E-state index is 13.3. The number of hydrogen-bond donors (Lipinski definition) is 1. The normalized spacial score (nSPS) is 44.5. The van der Waals surface area contributed by atoms with Crippen LogP contribution in [0.3, 0.4) is 0 Å². The molecule has 0 aromatic heterocycles. The third kappa shape index (κ3) is 2.76. The zero-order valence-corrected chi connectivity index (χ0v) is 16.1. The van der Waals surface area contributed by atoms with Gasteiger partial charge < -0.3 is 10.1 Å². The third-order valence-electron chi connectivity index (χ3n) is 6.75. The summed E-state index contributed by atoms with van der Waals surface area (Å²) in [6.45, 7) is 11.0. The maximum atomic E-state index is 13.3. The van der Waals surface area contributed by atoms with Crippen molar-refractivity contribution < 1.29 is 14.3 Å². The Morgan fingerprint density at radius 1 is 0.875 bits per heavy atom. The molecule has 0 spiro atoms. The lowest BCUT2D eigenvalue weighted by Gasteiger charge is -2.68. The lowest BCUT2D eigenvalue weighted by molar-refractivity contribution is -0.192. The second-order valence-electron chi connectivity index (χ2n) is 10.5. The van der Waals surface area contributed by atoms with Crippen molar-refractivity contribution in [1.82, 2.24) is 5.32 Å². The van der Waals surface area contributed by atoms with Gasteiger partial charge in [0, 0.05) is 0 Å². The van der Waals surface area contributed by atoms with Crippen molar-refractivity contribution in [2.45, 2.75) is 79.2 Å². The van der Waals surface area contributed by atoms with Crippen LogP contribution in [0.25, 0.3) is 0 Å². The quantitative estimate of drug-likeness (QED) is 0.797. The number of carbonyl (C=O) groups excluding carboxylic acids is 2. The standard InChI is InChI=1S/C20H33NO3/c1-13(2)14(15(22)24-6)21-16(23)20-10-17(3)7-18(4,11-20)9-19(5,8-17)12-20/h13-14H,7-12H2,1-6H3,(H,21,23)/t14-,17?,18?,19?,20?/m1/s1. The van der Waals surface area contributed by atoms with Crippen LogP contribution >= 0.6 is 0 Å². The van der Waals surface area contributed by atoms with E-state index in [1.165, 1.54) is 26.4 Å². The molecular formula is C20H33NO3. The largest absolute Gasteiger partial charge is 0.467 e. The first-order valence-corrected chi connectivity index (χ1v) is 9.33. The highest BCUT2D eigenvalue weighted by molar-refractivity contribution is 5.88. The van der Waals surface area contributed by atoms with Gasteiger partial charge in [-0.05, 0) is 60.7 Å². The van der Waals surface area contributed by atoms with Crippen LogP contribution in [0.2, 0.25) is 0 Å². The van der Waals surface area contributed by atoms with Crippen LogP contribution in [0.15, 0.2) is 0 Å². The average Bonchev–Trinajstić information content (AvgIpc) is 2.37. The molecule has 136 valence electrons. The Labute approximate surface area is 146 Å². The van der Waals surface area contributed by atoms with E-state index >= 15 is 0 Å². The van der Waals surface area contributed by atoms with Gasteiger partial charge in [-0.25, -0.2) is 4.79 Å². The summed E-state index contributed by atoms with van der Waals surface area (Å²) in [5.41, 5.74) is 0.463. The van der Waals surface area contributed by atoms with E-state index in [2.05, 4.69) is 26.1 Å². The molecule has 4 aliphatic carbocycles. The van der Waals surface area contributed by atoms with Crippen molar-refractivity contribution in [3.8, 4) is 0 Å². The molecule has 1 N–H and O–H groups in total. The molecule has 4 heteroatoms. The van der Waals surface area contributed by atoms with Crippen LogP contribution in [0, 0.1) is 27.6 Å². The molecule has 0 aliphatic heterocycles. The van der Waals surface area contributed by atoms with Crippen molar-refractivity contribution in [2.24, 2.45) is 27.6 Å². The highest BCUT2D eigenvalue weighted by Crippen LogP contribution is 2.73. The minimum absolute atomic E-state index is 0.0251. The van der Waals surface area contributed by atoms with Gasteiger partial charge in [0.05, 0.1) is 12.5 Å². The van der Waals surface area contributed by atoms with E-state index in [4.69, 9.17) is 4.74 Å². The maximum Gasteiger partial charge on any atom is 0.328 e. The van der Waals surface area contributed by atoms with Crippen molar-refractivity contribution >= 4 is 11.9 Å². The number of methoxy groups -OCH3 is 1. The van der Waals surface area contributed by atoms with Gasteiger partial charge in [0.25, 0.3) is 0 Å². The summed E-state index contributed by atoms with van der Waals surface area (Å²) in [5, 5.41) is 3.06. The van der Waals surface area contributed by atoms with Gasteiger partial charge >= 0.3 is 5.97 Å². The first-order valence-electron chi connectivity index (χ1n) is 9.33. The van der Waals surface area contributed by atoms with Crippen LogP contribution in [-0.2, 0) is 14.3 Å². The Balaban J connectivity index is 1.88. The van der Waals surface area contributed by atoms with E-state index in [9.17, 15) is 9.59 Å². The van der Waals surface area contributed by atoms with Gasteiger partial charge in [-0.1, -0.05) is 34.6 Å². The van der Waals surface area contributed by atoms with Crippen molar-refractivity contribution in [3.63, 3.8) is 0 Å². The van der Waals surface area contributed by atoms with Crippen LogP contribution in [0.1, 0.15) is 73.1 Å². The van der Waals surface area contributed by atoms with Crippen molar-refractivity contribution in [1.29, 1.82) is 0 Å². The Bertz CT molecular complexity index is 514. The highest BCUT2D eigenvalue weighted by atomic mass is 16.5. The van der Waals surface area contributed by atoms with Crippen LogP contribution < -0.4 is 5.32 Å². The number of rotatable bonds is 4. The minimum Gasteiger partial charge on any atom is -0.467 e. The SMILES string of the molecule is COC(=O)[C@H](NC(=O)C12CC3(C)CC(C)(CC(C)(C3)C1)C2)C(C)C. The number of nitrogens with one attached hydrogen (secondary N) is 1. The summed E-state index contributed by atoms with van der Waals surface area (Å²) >= 11 is 0. The summed E-state index contributed by atoms with van der Waals surface area (Å²) in [4.78, 5) is 25.4. The molecule has 0 heterocycles. The Morgan fingerprint density at radius 2 is 1.29 bits per heavy atom. The van der Waals surface area contributed by atoms with E-state index in [1.807, 2.05) is 13.8 Å². The van der Waals surface area contributed by atoms with E-state index in [-0.39, 0.29) is 39.5 Å². The second kappa shape index (κ2) is 5.22. The fourth-order valence-corrected chi connectivity index (χ4v) is 7.45. The zero-order valence-electron chi connectivity index (χ0n) is 16.1. The molecule has 1 atom stereocenters. The monoisotopic (exact) mass is 335 g/mol. The summed E-state index contributed by atoms with van der Waals surface area (Å²) < 4.78 is 4.90. The Morgan fingerprint density at radius 3 is 1.62 bits per heavy atom. The molecule has 4 saturated carbocycles. The number of carbonyl (C=O) groups is 2. The molecule has 4 fully saturated rings. The third-order valence-corrected chi connectivity index (χ3v) is 6.75. The smallest absolute Gasteiger partial charge is 0.328 e. The molecule has 0 saturated heterocycles. The predicted molar refractivity (Wildman–Crippen MR) is 93.2 cm³/mol. The van der Waals surface area contributed by atoms with Crippen LogP contribution in [-0.4, -0.2) is 25.0 Å². The molecule has 1 amide bonds. The lowest BCUT2D eigenvalue weighted by Crippen LogP contribution is -2.64. The van der Waals surface area contributed by atoms with Gasteiger partial charge in [0.1, 0.15) is 6.04 Å². The molecule has 0 aromatic rings. The summed E-state index contributed by atoms with van der Waals surface area (Å²) in [7, 11) is 1.39. The molecule has 4 nitrogen and oxygen atoms in total. The van der Waals surface area contributed by atoms with Gasteiger partial charge in [-0.15, -0.1) is 0 Å². The highest BCUT2D eigenvalue weighted by Gasteiger charge is 2.66. The summed E-state index contributed by atoms with van der Waals surface area (Å²) in [6.07, 6.45) is 6.58. The number of hydrogen-bond acceptors (Lipinski definition) is 3. The summed E-state index contributed by atoms with van der Waals surface area (Å²) in [6, 6.07) is -0.552. The molecule has 4 rings (SSSR count). The van der Waals surface area contributed by atoms with Crippen molar-refractivity contribution in [2.75, 3.05) is 7.11 Å². The molecule has 24 heavy (non-hydrogen) atoms. The summed E-state index contributed by atoms with van der Waals surface area (Å²) in [5.74, 6) is -0.238. The van der Waals surface area contributed by atoms with Gasteiger partial charge in [0.2, 0.25) is 5.91 Å². The molecule has 4 aliphatic rings. The zero-order chi connectivity index (χ0) is 18.0. The van der Waals surface area contributed by atoms with E-state index in [0.717, 1.165) is 19.3 Å². The van der Waals surface area contributed by atoms with Crippen LogP contribution in [0.4, 0.5) is 0 Å². The Hall–Kier alpha value is -1.06. The second-order valence-corrected chi connectivity index (χ2v) is 10.5. The number of ether oxygens (including phenoxy) is 1.